The standard InChI is InChI=1S/C19H23F3N4O.CH4/c20-19(21,22)16-3-1-14(2-4-16)15-9-17(24)12-26(11-15)18(27)25-7-5-13(10-23)6-8-25;/h1-4,13,15,17H,5-9,11-12,24H2;1H4. The van der Waals surface area contributed by atoms with E-state index in [9.17, 15) is 18.0 Å². The number of hydrogen-bond donors (Lipinski definition) is 1. The van der Waals surface area contributed by atoms with Crippen molar-refractivity contribution >= 4 is 6.03 Å². The van der Waals surface area contributed by atoms with Crippen LogP contribution >= 0.6 is 0 Å². The molecular formula is C20H27F3N4O. The maximum atomic E-state index is 12.8. The number of urea groups is 1. The zero-order valence-corrected chi connectivity index (χ0v) is 15.0. The molecule has 0 spiro atoms. The van der Waals surface area contributed by atoms with Gasteiger partial charge < -0.3 is 15.5 Å². The van der Waals surface area contributed by atoms with Gasteiger partial charge in [0.25, 0.3) is 0 Å². The van der Waals surface area contributed by atoms with Gasteiger partial charge in [0.05, 0.1) is 11.6 Å². The number of amides is 2. The molecule has 2 unspecified atom stereocenters. The third-order valence-corrected chi connectivity index (χ3v) is 5.41. The Labute approximate surface area is 163 Å². The third-order valence-electron chi connectivity index (χ3n) is 5.41. The van der Waals surface area contributed by atoms with Crippen molar-refractivity contribution in [1.29, 1.82) is 5.26 Å². The molecule has 8 heteroatoms. The van der Waals surface area contributed by atoms with E-state index < -0.39 is 11.7 Å². The number of carbonyl (C=O) groups excluding carboxylic acids is 1. The number of likely N-dealkylation sites (tertiary alicyclic amines) is 2. The average Bonchev–Trinajstić information content (AvgIpc) is 2.66. The molecular weight excluding hydrogens is 369 g/mol. The number of carbonyl (C=O) groups is 1. The summed E-state index contributed by atoms with van der Waals surface area (Å²) in [5.74, 6) is -0.0887. The van der Waals surface area contributed by atoms with E-state index in [1.807, 2.05) is 0 Å². The molecule has 1 aromatic rings. The van der Waals surface area contributed by atoms with Crippen LogP contribution in [0.4, 0.5) is 18.0 Å². The average molecular weight is 396 g/mol. The lowest BCUT2D eigenvalue weighted by atomic mass is 9.88. The van der Waals surface area contributed by atoms with Gasteiger partial charge in [0, 0.05) is 44.1 Å². The summed E-state index contributed by atoms with van der Waals surface area (Å²) < 4.78 is 38.3. The van der Waals surface area contributed by atoms with Crippen LogP contribution < -0.4 is 5.73 Å². The number of rotatable bonds is 1. The number of alkyl halides is 3. The normalized spacial score (nSPS) is 23.7. The van der Waals surface area contributed by atoms with Crippen LogP contribution in [0.3, 0.4) is 0 Å². The summed E-state index contributed by atoms with van der Waals surface area (Å²) in [7, 11) is 0. The summed E-state index contributed by atoms with van der Waals surface area (Å²) in [5, 5.41) is 8.98. The van der Waals surface area contributed by atoms with Crippen molar-refractivity contribution in [3.05, 3.63) is 35.4 Å². The SMILES string of the molecule is C.N#CC1CCN(C(=O)N2CC(N)CC(c3ccc(C(F)(F)F)cc3)C2)CC1. The highest BCUT2D eigenvalue weighted by Gasteiger charge is 2.34. The Morgan fingerprint density at radius 2 is 1.71 bits per heavy atom. The molecule has 2 atom stereocenters. The Morgan fingerprint density at radius 3 is 2.25 bits per heavy atom. The van der Waals surface area contributed by atoms with Crippen LogP contribution in [0.2, 0.25) is 0 Å². The van der Waals surface area contributed by atoms with E-state index >= 15 is 0 Å². The van der Waals surface area contributed by atoms with Gasteiger partial charge in [-0.05, 0) is 37.0 Å². The Kier molecular flexibility index (Phi) is 6.94. The zero-order valence-electron chi connectivity index (χ0n) is 15.0. The predicted octanol–water partition coefficient (Wildman–Crippen LogP) is 3.81. The molecule has 28 heavy (non-hydrogen) atoms. The molecule has 1 aromatic carbocycles. The highest BCUT2D eigenvalue weighted by Crippen LogP contribution is 2.32. The molecule has 0 radical (unpaired) electrons. The summed E-state index contributed by atoms with van der Waals surface area (Å²) in [6, 6.07) is 7.04. The molecule has 0 saturated carbocycles. The molecule has 2 heterocycles. The van der Waals surface area contributed by atoms with Gasteiger partial charge in [-0.3, -0.25) is 0 Å². The number of piperidine rings is 2. The molecule has 2 saturated heterocycles. The van der Waals surface area contributed by atoms with E-state index in [0.29, 0.717) is 45.4 Å². The van der Waals surface area contributed by atoms with Gasteiger partial charge in [-0.25, -0.2) is 4.79 Å². The first-order valence-electron chi connectivity index (χ1n) is 9.14. The number of halogens is 3. The fourth-order valence-corrected chi connectivity index (χ4v) is 3.88. The largest absolute Gasteiger partial charge is 0.416 e. The van der Waals surface area contributed by atoms with Gasteiger partial charge in [-0.1, -0.05) is 19.6 Å². The molecule has 2 aliphatic rings. The molecule has 2 fully saturated rings. The van der Waals surface area contributed by atoms with Crippen LogP contribution in [-0.2, 0) is 6.18 Å². The summed E-state index contributed by atoms with van der Waals surface area (Å²) in [5.41, 5.74) is 6.21. The topological polar surface area (TPSA) is 73.4 Å². The molecule has 2 aliphatic heterocycles. The number of nitrogens with two attached hydrogens (primary N) is 1. The van der Waals surface area contributed by atoms with Crippen LogP contribution in [-0.4, -0.2) is 48.1 Å². The predicted molar refractivity (Wildman–Crippen MR) is 100 cm³/mol. The van der Waals surface area contributed by atoms with E-state index in [0.717, 1.165) is 17.7 Å². The van der Waals surface area contributed by atoms with Gasteiger partial charge in [0.1, 0.15) is 0 Å². The molecule has 3 rings (SSSR count). The lowest BCUT2D eigenvalue weighted by Gasteiger charge is -2.40. The van der Waals surface area contributed by atoms with Crippen molar-refractivity contribution in [1.82, 2.24) is 9.80 Å². The van der Waals surface area contributed by atoms with Crippen LogP contribution in [0.1, 0.15) is 43.7 Å². The second kappa shape index (κ2) is 8.82. The lowest BCUT2D eigenvalue weighted by molar-refractivity contribution is -0.137. The second-order valence-electron chi connectivity index (χ2n) is 7.39. The van der Waals surface area contributed by atoms with Crippen molar-refractivity contribution in [2.24, 2.45) is 11.7 Å². The van der Waals surface area contributed by atoms with Crippen molar-refractivity contribution in [2.45, 2.75) is 44.8 Å². The van der Waals surface area contributed by atoms with Crippen molar-refractivity contribution in [3.63, 3.8) is 0 Å². The molecule has 2 N–H and O–H groups in total. The van der Waals surface area contributed by atoms with E-state index in [1.165, 1.54) is 12.1 Å². The van der Waals surface area contributed by atoms with Gasteiger partial charge in [-0.2, -0.15) is 18.4 Å². The minimum Gasteiger partial charge on any atom is -0.326 e. The Hall–Kier alpha value is -2.27. The fraction of sp³-hybridized carbons (Fsp3) is 0.600. The maximum absolute atomic E-state index is 12.8. The molecule has 0 aromatic heterocycles. The van der Waals surface area contributed by atoms with Crippen molar-refractivity contribution in [2.75, 3.05) is 26.2 Å². The van der Waals surface area contributed by atoms with Gasteiger partial charge >= 0.3 is 12.2 Å². The number of nitriles is 1. The summed E-state index contributed by atoms with van der Waals surface area (Å²) in [4.78, 5) is 16.3. The summed E-state index contributed by atoms with van der Waals surface area (Å²) in [6.45, 7) is 1.98. The molecule has 0 aliphatic carbocycles. The van der Waals surface area contributed by atoms with Crippen LogP contribution in [0.15, 0.2) is 24.3 Å². The first kappa shape index (κ1) is 22.0. The van der Waals surface area contributed by atoms with E-state index in [4.69, 9.17) is 11.0 Å². The number of hydrogen-bond acceptors (Lipinski definition) is 3. The van der Waals surface area contributed by atoms with E-state index in [1.54, 1.807) is 9.80 Å². The Morgan fingerprint density at radius 1 is 1.11 bits per heavy atom. The zero-order chi connectivity index (χ0) is 19.6. The minimum atomic E-state index is -4.36. The lowest BCUT2D eigenvalue weighted by Crippen LogP contribution is -2.54. The first-order chi connectivity index (χ1) is 12.8. The van der Waals surface area contributed by atoms with Gasteiger partial charge in [0.2, 0.25) is 0 Å². The molecule has 2 amide bonds. The summed E-state index contributed by atoms with van der Waals surface area (Å²) >= 11 is 0. The van der Waals surface area contributed by atoms with E-state index in [-0.39, 0.29) is 31.3 Å². The maximum Gasteiger partial charge on any atom is 0.416 e. The number of nitrogens with zero attached hydrogens (tertiary/aromatic N) is 3. The highest BCUT2D eigenvalue weighted by atomic mass is 19.4. The van der Waals surface area contributed by atoms with Gasteiger partial charge in [-0.15, -0.1) is 0 Å². The van der Waals surface area contributed by atoms with Crippen molar-refractivity contribution in [3.8, 4) is 6.07 Å². The monoisotopic (exact) mass is 396 g/mol. The Bertz CT molecular complexity index is 706. The minimum absolute atomic E-state index is 0. The summed E-state index contributed by atoms with van der Waals surface area (Å²) in [6.07, 6.45) is -2.39. The third kappa shape index (κ3) is 4.96. The quantitative estimate of drug-likeness (QED) is 0.784. The molecule has 154 valence electrons. The van der Waals surface area contributed by atoms with Crippen molar-refractivity contribution < 1.29 is 18.0 Å². The van der Waals surface area contributed by atoms with Crippen LogP contribution in [0.5, 0.6) is 0 Å². The fourth-order valence-electron chi connectivity index (χ4n) is 3.88. The molecule has 5 nitrogen and oxygen atoms in total. The van der Waals surface area contributed by atoms with Crippen LogP contribution in [0.25, 0.3) is 0 Å². The Balaban J connectivity index is 0.00000280. The smallest absolute Gasteiger partial charge is 0.326 e. The molecule has 0 bridgehead atoms. The number of benzene rings is 1. The highest BCUT2D eigenvalue weighted by molar-refractivity contribution is 5.75. The second-order valence-corrected chi connectivity index (χ2v) is 7.39. The van der Waals surface area contributed by atoms with Crippen LogP contribution in [0, 0.1) is 17.2 Å². The first-order valence-corrected chi connectivity index (χ1v) is 9.14. The van der Waals surface area contributed by atoms with E-state index in [2.05, 4.69) is 6.07 Å². The van der Waals surface area contributed by atoms with Gasteiger partial charge in [0.15, 0.2) is 0 Å².